The van der Waals surface area contributed by atoms with E-state index in [1.165, 1.54) is 25.7 Å². The van der Waals surface area contributed by atoms with Crippen molar-refractivity contribution in [3.05, 3.63) is 0 Å². The maximum atomic E-state index is 2.93. The molecule has 1 heterocycles. The quantitative estimate of drug-likeness (QED) is 0.659. The van der Waals surface area contributed by atoms with E-state index < -0.39 is 0 Å². The Morgan fingerprint density at radius 3 is 2.05 bits per heavy atom. The largest absolute Gasteiger partial charge is 0.291 e. The van der Waals surface area contributed by atoms with E-state index in [2.05, 4.69) is 60.3 Å². The Morgan fingerprint density at radius 2 is 1.60 bits per heavy atom. The number of hydrogen-bond acceptors (Lipinski definition) is 1. The van der Waals surface area contributed by atoms with Gasteiger partial charge in [-0.3, -0.25) is 4.90 Å². The van der Waals surface area contributed by atoms with Gasteiger partial charge in [-0.25, -0.2) is 0 Å². The van der Waals surface area contributed by atoms with Gasteiger partial charge in [-0.2, -0.15) is 0 Å². The van der Waals surface area contributed by atoms with Gasteiger partial charge in [0.1, 0.15) is 0 Å². The molecule has 118 valence electrons. The predicted molar refractivity (Wildman–Crippen MR) is 88.9 cm³/mol. The standard InChI is InChI=1S/C19H37N/c1-13(2)16-11-9-10-14(3)17(16)20-15(4)18(5,6)12-19(20,7)8/h13-17H,9-12H2,1-8H3/t14-,15?,16+,17-/m1/s1. The molecular weight excluding hydrogens is 242 g/mol. The topological polar surface area (TPSA) is 3.24 Å². The molecule has 1 aliphatic carbocycles. The molecule has 2 rings (SSSR count). The zero-order chi connectivity index (χ0) is 15.3. The van der Waals surface area contributed by atoms with E-state index in [0.717, 1.165) is 23.8 Å². The van der Waals surface area contributed by atoms with Gasteiger partial charge in [-0.15, -0.1) is 0 Å². The molecule has 0 N–H and O–H groups in total. The van der Waals surface area contributed by atoms with Gasteiger partial charge < -0.3 is 0 Å². The Morgan fingerprint density at radius 1 is 1.00 bits per heavy atom. The molecule has 0 aromatic rings. The molecule has 0 bridgehead atoms. The molecule has 1 unspecified atom stereocenters. The van der Waals surface area contributed by atoms with Gasteiger partial charge >= 0.3 is 0 Å². The van der Waals surface area contributed by atoms with Crippen LogP contribution >= 0.6 is 0 Å². The maximum Gasteiger partial charge on any atom is 0.0165 e. The Labute approximate surface area is 127 Å². The average Bonchev–Trinajstić information content (AvgIpc) is 2.44. The van der Waals surface area contributed by atoms with Crippen LogP contribution in [0.5, 0.6) is 0 Å². The van der Waals surface area contributed by atoms with Gasteiger partial charge in [0.25, 0.3) is 0 Å². The van der Waals surface area contributed by atoms with Gasteiger partial charge in [0.2, 0.25) is 0 Å². The minimum Gasteiger partial charge on any atom is -0.291 e. The van der Waals surface area contributed by atoms with Gasteiger partial charge in [-0.05, 0) is 63.2 Å². The van der Waals surface area contributed by atoms with Crippen LogP contribution in [0.3, 0.4) is 0 Å². The first kappa shape index (κ1) is 16.3. The lowest BCUT2D eigenvalue weighted by molar-refractivity contribution is -0.0244. The summed E-state index contributed by atoms with van der Waals surface area (Å²) in [5, 5.41) is 0. The highest BCUT2D eigenvalue weighted by atomic mass is 15.3. The Kier molecular flexibility index (Phi) is 4.33. The molecule has 0 spiro atoms. The third-order valence-corrected chi connectivity index (χ3v) is 6.53. The number of rotatable bonds is 2. The second-order valence-electron chi connectivity index (χ2n) is 9.37. The average molecular weight is 280 g/mol. The third kappa shape index (κ3) is 2.67. The minimum absolute atomic E-state index is 0.353. The van der Waals surface area contributed by atoms with Crippen molar-refractivity contribution < 1.29 is 0 Å². The second kappa shape index (κ2) is 5.30. The van der Waals surface area contributed by atoms with Crippen LogP contribution in [0.25, 0.3) is 0 Å². The zero-order valence-electron chi connectivity index (χ0n) is 15.2. The molecule has 1 saturated carbocycles. The summed E-state index contributed by atoms with van der Waals surface area (Å²) in [4.78, 5) is 2.93. The normalized spacial score (nSPS) is 41.2. The highest BCUT2D eigenvalue weighted by molar-refractivity contribution is 5.07. The Hall–Kier alpha value is -0.0400. The molecule has 1 nitrogen and oxygen atoms in total. The Bertz CT molecular complexity index is 342. The van der Waals surface area contributed by atoms with Crippen molar-refractivity contribution in [2.45, 2.75) is 98.7 Å². The Balaban J connectivity index is 2.35. The van der Waals surface area contributed by atoms with E-state index in [9.17, 15) is 0 Å². The molecule has 2 aliphatic rings. The molecule has 1 heteroatoms. The van der Waals surface area contributed by atoms with Crippen LogP contribution < -0.4 is 0 Å². The smallest absolute Gasteiger partial charge is 0.0165 e. The molecule has 1 aliphatic heterocycles. The van der Waals surface area contributed by atoms with Crippen molar-refractivity contribution in [2.75, 3.05) is 0 Å². The van der Waals surface area contributed by atoms with Crippen LogP contribution in [-0.2, 0) is 0 Å². The number of nitrogens with zero attached hydrogens (tertiary/aromatic N) is 1. The van der Waals surface area contributed by atoms with Crippen LogP contribution in [0, 0.1) is 23.2 Å². The number of hydrogen-bond donors (Lipinski definition) is 0. The molecule has 0 radical (unpaired) electrons. The van der Waals surface area contributed by atoms with Crippen molar-refractivity contribution in [3.63, 3.8) is 0 Å². The van der Waals surface area contributed by atoms with Gasteiger partial charge in [-0.1, -0.05) is 41.0 Å². The van der Waals surface area contributed by atoms with E-state index in [1.54, 1.807) is 0 Å². The van der Waals surface area contributed by atoms with Crippen LogP contribution in [0.1, 0.15) is 81.1 Å². The van der Waals surface area contributed by atoms with Gasteiger partial charge in [0, 0.05) is 17.6 Å². The van der Waals surface area contributed by atoms with Crippen LogP contribution in [-0.4, -0.2) is 22.5 Å². The summed E-state index contributed by atoms with van der Waals surface area (Å²) in [6.45, 7) is 19.8. The molecule has 4 atom stereocenters. The second-order valence-corrected chi connectivity index (χ2v) is 9.37. The molecule has 20 heavy (non-hydrogen) atoms. The molecule has 1 saturated heterocycles. The SMILES string of the molecule is CC(C)[C@@H]1CCC[C@@H](C)[C@H]1N1C(C)C(C)(C)CC1(C)C. The van der Waals surface area contributed by atoms with E-state index in [-0.39, 0.29) is 0 Å². The molecular formula is C19H37N. The maximum absolute atomic E-state index is 2.93. The van der Waals surface area contributed by atoms with E-state index >= 15 is 0 Å². The fraction of sp³-hybridized carbons (Fsp3) is 1.00. The van der Waals surface area contributed by atoms with Gasteiger partial charge in [0.15, 0.2) is 0 Å². The van der Waals surface area contributed by atoms with Crippen LogP contribution in [0.4, 0.5) is 0 Å². The highest BCUT2D eigenvalue weighted by Gasteiger charge is 2.53. The third-order valence-electron chi connectivity index (χ3n) is 6.53. The number of likely N-dealkylation sites (tertiary alicyclic amines) is 1. The lowest BCUT2D eigenvalue weighted by Crippen LogP contribution is -2.57. The fourth-order valence-electron chi connectivity index (χ4n) is 5.56. The monoisotopic (exact) mass is 279 g/mol. The summed E-state index contributed by atoms with van der Waals surface area (Å²) in [5.41, 5.74) is 0.800. The first-order chi connectivity index (χ1) is 9.08. The minimum atomic E-state index is 0.353. The molecule has 0 aromatic carbocycles. The van der Waals surface area contributed by atoms with E-state index in [1.807, 2.05) is 0 Å². The van der Waals surface area contributed by atoms with Crippen LogP contribution in [0.15, 0.2) is 0 Å². The van der Waals surface area contributed by atoms with Crippen molar-refractivity contribution in [3.8, 4) is 0 Å². The fourth-order valence-corrected chi connectivity index (χ4v) is 5.56. The summed E-state index contributed by atoms with van der Waals surface area (Å²) < 4.78 is 0. The lowest BCUT2D eigenvalue weighted by atomic mass is 9.71. The van der Waals surface area contributed by atoms with E-state index in [0.29, 0.717) is 17.0 Å². The van der Waals surface area contributed by atoms with Crippen molar-refractivity contribution in [1.82, 2.24) is 4.90 Å². The summed E-state index contributed by atoms with van der Waals surface area (Å²) in [7, 11) is 0. The first-order valence-corrected chi connectivity index (χ1v) is 8.86. The van der Waals surface area contributed by atoms with Crippen molar-refractivity contribution >= 4 is 0 Å². The molecule has 0 aromatic heterocycles. The zero-order valence-corrected chi connectivity index (χ0v) is 15.2. The van der Waals surface area contributed by atoms with Gasteiger partial charge in [0.05, 0.1) is 0 Å². The van der Waals surface area contributed by atoms with Crippen molar-refractivity contribution in [2.24, 2.45) is 23.2 Å². The first-order valence-electron chi connectivity index (χ1n) is 8.86. The summed E-state index contributed by atoms with van der Waals surface area (Å²) in [6.07, 6.45) is 5.63. The summed E-state index contributed by atoms with van der Waals surface area (Å²) >= 11 is 0. The molecule has 0 amide bonds. The predicted octanol–water partition coefficient (Wildman–Crippen LogP) is 5.35. The van der Waals surface area contributed by atoms with Crippen molar-refractivity contribution in [1.29, 1.82) is 0 Å². The molecule has 2 fully saturated rings. The highest BCUT2D eigenvalue weighted by Crippen LogP contribution is 2.51. The lowest BCUT2D eigenvalue weighted by Gasteiger charge is -2.51. The summed E-state index contributed by atoms with van der Waals surface area (Å²) in [6, 6.07) is 1.49. The van der Waals surface area contributed by atoms with Crippen LogP contribution in [0.2, 0.25) is 0 Å². The summed E-state index contributed by atoms with van der Waals surface area (Å²) in [5.74, 6) is 2.55. The van der Waals surface area contributed by atoms with E-state index in [4.69, 9.17) is 0 Å².